The Morgan fingerprint density at radius 2 is 1.88 bits per heavy atom. The Kier molecular flexibility index (Phi) is 7.43. The lowest BCUT2D eigenvalue weighted by atomic mass is 10.2. The van der Waals surface area contributed by atoms with E-state index in [1.54, 1.807) is 25.3 Å². The van der Waals surface area contributed by atoms with Crippen molar-refractivity contribution in [1.82, 2.24) is 5.43 Å². The number of nitrogens with zero attached hydrogens (tertiary/aromatic N) is 1. The molecule has 1 amide bonds. The molecule has 0 aromatic heterocycles. The highest BCUT2D eigenvalue weighted by atomic mass is 35.5. The summed E-state index contributed by atoms with van der Waals surface area (Å²) in [6.07, 6.45) is 1.44. The number of rotatable bonds is 7. The number of halogens is 2. The third-order valence-corrected chi connectivity index (χ3v) is 4.71. The normalized spacial score (nSPS) is 10.8. The second kappa shape index (κ2) is 9.57. The number of carbonyl (C=O) groups excluding carboxylic acids is 1. The Hall–Kier alpha value is -1.69. The first-order chi connectivity index (χ1) is 11.6. The van der Waals surface area contributed by atoms with Gasteiger partial charge in [0.25, 0.3) is 0 Å². The van der Waals surface area contributed by atoms with Crippen molar-refractivity contribution in [3.63, 3.8) is 0 Å². The van der Waals surface area contributed by atoms with Crippen LogP contribution in [0.15, 0.2) is 47.6 Å². The maximum atomic E-state index is 11.8. The maximum absolute atomic E-state index is 11.8. The minimum absolute atomic E-state index is 0.187. The number of thioether (sulfide) groups is 1. The summed E-state index contributed by atoms with van der Waals surface area (Å²) >= 11 is 13.5. The molecule has 0 fully saturated rings. The lowest BCUT2D eigenvalue weighted by molar-refractivity contribution is -0.118. The molecule has 0 radical (unpaired) electrons. The molecule has 4 nitrogen and oxygen atoms in total. The van der Waals surface area contributed by atoms with Crippen molar-refractivity contribution in [2.24, 2.45) is 5.10 Å². The molecule has 1 N–H and O–H groups in total. The van der Waals surface area contributed by atoms with Crippen LogP contribution in [0, 0.1) is 0 Å². The summed E-state index contributed by atoms with van der Waals surface area (Å²) in [7, 11) is 1.63. The van der Waals surface area contributed by atoms with Gasteiger partial charge >= 0.3 is 0 Å². The highest BCUT2D eigenvalue weighted by Gasteiger charge is 2.04. The topological polar surface area (TPSA) is 50.7 Å². The minimum atomic E-state index is -0.187. The van der Waals surface area contributed by atoms with Crippen LogP contribution in [-0.2, 0) is 10.5 Å². The van der Waals surface area contributed by atoms with E-state index in [1.165, 1.54) is 18.0 Å². The summed E-state index contributed by atoms with van der Waals surface area (Å²) in [6.45, 7) is 0. The fourth-order valence-electron chi connectivity index (χ4n) is 1.82. The van der Waals surface area contributed by atoms with Gasteiger partial charge in [0.2, 0.25) is 5.91 Å². The first-order valence-corrected chi connectivity index (χ1v) is 8.98. The van der Waals surface area contributed by atoms with Crippen LogP contribution in [0.1, 0.15) is 11.1 Å². The van der Waals surface area contributed by atoms with Gasteiger partial charge in [0, 0.05) is 11.3 Å². The lowest BCUT2D eigenvalue weighted by Crippen LogP contribution is -2.19. The molecule has 0 aliphatic heterocycles. The van der Waals surface area contributed by atoms with E-state index in [4.69, 9.17) is 27.9 Å². The fraction of sp³-hybridized carbons (Fsp3) is 0.176. The number of carbonyl (C=O) groups is 1. The first-order valence-electron chi connectivity index (χ1n) is 7.06. The zero-order valence-corrected chi connectivity index (χ0v) is 15.3. The molecule has 0 aliphatic rings. The van der Waals surface area contributed by atoms with Crippen LogP contribution < -0.4 is 10.2 Å². The van der Waals surface area contributed by atoms with E-state index >= 15 is 0 Å². The summed E-state index contributed by atoms with van der Waals surface area (Å²) in [5.74, 6) is 1.67. The van der Waals surface area contributed by atoms with Gasteiger partial charge in [-0.05, 0) is 29.8 Å². The quantitative estimate of drug-likeness (QED) is 0.570. The molecule has 0 saturated heterocycles. The van der Waals surface area contributed by atoms with Crippen molar-refractivity contribution >= 4 is 47.1 Å². The average molecular weight is 383 g/mol. The Balaban J connectivity index is 1.76. The lowest BCUT2D eigenvalue weighted by Gasteiger charge is -2.04. The van der Waals surface area contributed by atoms with Crippen LogP contribution in [-0.4, -0.2) is 25.0 Å². The molecule has 126 valence electrons. The van der Waals surface area contributed by atoms with Crippen LogP contribution in [0.4, 0.5) is 0 Å². The molecule has 0 heterocycles. The van der Waals surface area contributed by atoms with Crippen molar-refractivity contribution < 1.29 is 9.53 Å². The van der Waals surface area contributed by atoms with Gasteiger partial charge in [0.05, 0.1) is 29.1 Å². The van der Waals surface area contributed by atoms with E-state index in [0.29, 0.717) is 21.4 Å². The summed E-state index contributed by atoms with van der Waals surface area (Å²) in [5.41, 5.74) is 4.16. The zero-order valence-electron chi connectivity index (χ0n) is 13.0. The molecular formula is C17H16Cl2N2O2S. The molecule has 0 bridgehead atoms. The van der Waals surface area contributed by atoms with Gasteiger partial charge in [-0.15, -0.1) is 11.8 Å². The second-order valence-corrected chi connectivity index (χ2v) is 6.57. The number of hydrogen-bond donors (Lipinski definition) is 1. The molecule has 0 atom stereocenters. The predicted molar refractivity (Wildman–Crippen MR) is 101 cm³/mol. The molecule has 0 unspecified atom stereocenters. The Labute approximate surface area is 155 Å². The van der Waals surface area contributed by atoms with Crippen molar-refractivity contribution in [3.05, 3.63) is 63.6 Å². The number of amides is 1. The summed E-state index contributed by atoms with van der Waals surface area (Å²) in [4.78, 5) is 11.8. The summed E-state index contributed by atoms with van der Waals surface area (Å²) in [5, 5.41) is 4.85. The molecule has 2 aromatic rings. The van der Waals surface area contributed by atoms with E-state index < -0.39 is 0 Å². The number of hydrogen-bond acceptors (Lipinski definition) is 4. The number of nitrogens with one attached hydrogen (secondary N) is 1. The molecule has 0 spiro atoms. The largest absolute Gasteiger partial charge is 0.497 e. The van der Waals surface area contributed by atoms with E-state index in [-0.39, 0.29) is 5.91 Å². The van der Waals surface area contributed by atoms with E-state index in [1.807, 2.05) is 24.3 Å². The monoisotopic (exact) mass is 382 g/mol. The summed E-state index contributed by atoms with van der Waals surface area (Å²) in [6, 6.07) is 12.9. The van der Waals surface area contributed by atoms with Gasteiger partial charge in [0.15, 0.2) is 0 Å². The maximum Gasteiger partial charge on any atom is 0.250 e. The molecule has 2 rings (SSSR count). The van der Waals surface area contributed by atoms with E-state index in [2.05, 4.69) is 10.5 Å². The van der Waals surface area contributed by atoms with Crippen molar-refractivity contribution in [2.45, 2.75) is 5.75 Å². The van der Waals surface area contributed by atoms with Gasteiger partial charge < -0.3 is 4.74 Å². The summed E-state index contributed by atoms with van der Waals surface area (Å²) < 4.78 is 5.10. The van der Waals surface area contributed by atoms with Crippen molar-refractivity contribution in [1.29, 1.82) is 0 Å². The number of hydrazone groups is 1. The van der Waals surface area contributed by atoms with Gasteiger partial charge in [-0.3, -0.25) is 4.79 Å². The van der Waals surface area contributed by atoms with E-state index in [0.717, 1.165) is 17.1 Å². The van der Waals surface area contributed by atoms with Crippen LogP contribution in [0.5, 0.6) is 5.75 Å². The molecule has 0 aliphatic carbocycles. The highest BCUT2D eigenvalue weighted by Crippen LogP contribution is 2.22. The molecule has 7 heteroatoms. The number of ether oxygens (including phenoxy) is 1. The molecule has 24 heavy (non-hydrogen) atoms. The Morgan fingerprint density at radius 3 is 2.50 bits per heavy atom. The Bertz CT molecular complexity index is 701. The van der Waals surface area contributed by atoms with Gasteiger partial charge in [-0.2, -0.15) is 5.10 Å². The zero-order chi connectivity index (χ0) is 17.4. The van der Waals surface area contributed by atoms with E-state index in [9.17, 15) is 4.79 Å². The number of methoxy groups -OCH3 is 1. The SMILES string of the molecule is COc1ccc(CSCC(=O)N/N=C\c2c(Cl)cccc2Cl)cc1. The fourth-order valence-corrected chi connectivity index (χ4v) is 3.09. The second-order valence-electron chi connectivity index (χ2n) is 4.77. The molecule has 0 saturated carbocycles. The van der Waals surface area contributed by atoms with Crippen molar-refractivity contribution in [2.75, 3.05) is 12.9 Å². The van der Waals surface area contributed by atoms with Crippen LogP contribution >= 0.6 is 35.0 Å². The highest BCUT2D eigenvalue weighted by molar-refractivity contribution is 7.99. The van der Waals surface area contributed by atoms with Gasteiger partial charge in [-0.25, -0.2) is 5.43 Å². The predicted octanol–water partition coefficient (Wildman–Crippen LogP) is 4.39. The molecule has 2 aromatic carbocycles. The third-order valence-electron chi connectivity index (χ3n) is 3.04. The smallest absolute Gasteiger partial charge is 0.250 e. The molecular weight excluding hydrogens is 367 g/mol. The minimum Gasteiger partial charge on any atom is -0.497 e. The third kappa shape index (κ3) is 5.74. The van der Waals surface area contributed by atoms with Crippen LogP contribution in [0.2, 0.25) is 10.0 Å². The van der Waals surface area contributed by atoms with Gasteiger partial charge in [0.1, 0.15) is 5.75 Å². The Morgan fingerprint density at radius 1 is 1.21 bits per heavy atom. The van der Waals surface area contributed by atoms with Crippen molar-refractivity contribution in [3.8, 4) is 5.75 Å². The van der Waals surface area contributed by atoms with Crippen LogP contribution in [0.3, 0.4) is 0 Å². The number of benzene rings is 2. The average Bonchev–Trinajstić information content (AvgIpc) is 2.58. The van der Waals surface area contributed by atoms with Crippen LogP contribution in [0.25, 0.3) is 0 Å². The van der Waals surface area contributed by atoms with Gasteiger partial charge in [-0.1, -0.05) is 41.4 Å². The standard InChI is InChI=1S/C17H16Cl2N2O2S/c1-23-13-7-5-12(6-8-13)10-24-11-17(22)21-20-9-14-15(18)3-2-4-16(14)19/h2-9H,10-11H2,1H3,(H,21,22)/b20-9-. The first kappa shape index (κ1) is 18.6.